The third-order valence-corrected chi connectivity index (χ3v) is 13.5. The molecule has 3 aliphatic carbocycles. The van der Waals surface area contributed by atoms with Gasteiger partial charge in [-0.25, -0.2) is 0 Å². The van der Waals surface area contributed by atoms with Gasteiger partial charge in [-0.15, -0.1) is 0 Å². The number of allylic oxidation sites excluding steroid dienone is 2. The lowest BCUT2D eigenvalue weighted by atomic mass is 9.42. The number of fused-ring (bicyclic) bond motifs is 3. The lowest BCUT2D eigenvalue weighted by Gasteiger charge is -2.62. The highest BCUT2D eigenvalue weighted by Crippen LogP contribution is 2.68. The molecule has 0 aliphatic heterocycles. The summed E-state index contributed by atoms with van der Waals surface area (Å²) in [4.78, 5) is 13.3. The fraction of sp³-hybridized carbons (Fsp3) is 0.875. The van der Waals surface area contributed by atoms with Crippen molar-refractivity contribution in [3.63, 3.8) is 0 Å². The van der Waals surface area contributed by atoms with Crippen LogP contribution in [0, 0.1) is 22.2 Å². The number of hydrogen-bond donors (Lipinski definition) is 0. The Morgan fingerprint density at radius 1 is 1.04 bits per heavy atom. The zero-order valence-electron chi connectivity index (χ0n) is 19.3. The van der Waals surface area contributed by atoms with Crippen LogP contribution >= 0.6 is 0 Å². The molecule has 2 nitrogen and oxygen atoms in total. The van der Waals surface area contributed by atoms with E-state index >= 15 is 0 Å². The van der Waals surface area contributed by atoms with Crippen molar-refractivity contribution in [3.8, 4) is 0 Å². The smallest absolute Gasteiger partial charge is 0.250 e. The van der Waals surface area contributed by atoms with Crippen LogP contribution in [0.5, 0.6) is 0 Å². The van der Waals surface area contributed by atoms with Gasteiger partial charge in [-0.3, -0.25) is 4.79 Å². The average Bonchev–Trinajstić information content (AvgIpc) is 2.48. The maximum absolute atomic E-state index is 13.3. The molecule has 0 bridgehead atoms. The highest BCUT2D eigenvalue weighted by molar-refractivity contribution is 6.74. The molecule has 2 fully saturated rings. The summed E-state index contributed by atoms with van der Waals surface area (Å²) in [5.41, 5.74) is 1.36. The van der Waals surface area contributed by atoms with E-state index in [9.17, 15) is 4.79 Å². The van der Waals surface area contributed by atoms with Crippen LogP contribution in [0.15, 0.2) is 11.3 Å². The predicted octanol–water partition coefficient (Wildman–Crippen LogP) is 7.26. The van der Waals surface area contributed by atoms with Crippen molar-refractivity contribution < 1.29 is 9.22 Å². The van der Waals surface area contributed by atoms with Gasteiger partial charge in [-0.05, 0) is 60.7 Å². The van der Waals surface area contributed by atoms with Crippen molar-refractivity contribution in [2.45, 2.75) is 112 Å². The number of Topliss-reactive ketones (excluding diaryl/α,β-unsaturated/α-hetero) is 1. The summed E-state index contributed by atoms with van der Waals surface area (Å²) in [7, 11) is -1.90. The Labute approximate surface area is 168 Å². The molecule has 3 aliphatic rings. The molecule has 0 aromatic carbocycles. The second-order valence-corrected chi connectivity index (χ2v) is 16.9. The molecular formula is C24H42O2Si. The van der Waals surface area contributed by atoms with Crippen LogP contribution in [-0.4, -0.2) is 14.1 Å². The first-order chi connectivity index (χ1) is 12.2. The summed E-state index contributed by atoms with van der Waals surface area (Å²) in [6, 6.07) is 0. The molecule has 0 aromatic heterocycles. The Hall–Kier alpha value is -0.573. The molecule has 154 valence electrons. The average molecular weight is 391 g/mol. The van der Waals surface area contributed by atoms with Gasteiger partial charge in [0.25, 0.3) is 0 Å². The Morgan fingerprint density at radius 3 is 2.26 bits per heavy atom. The van der Waals surface area contributed by atoms with Crippen molar-refractivity contribution in [1.29, 1.82) is 0 Å². The Morgan fingerprint density at radius 2 is 1.67 bits per heavy atom. The van der Waals surface area contributed by atoms with E-state index in [1.807, 2.05) is 0 Å². The van der Waals surface area contributed by atoms with Crippen LogP contribution in [0.3, 0.4) is 0 Å². The zero-order chi connectivity index (χ0) is 20.5. The van der Waals surface area contributed by atoms with Gasteiger partial charge >= 0.3 is 0 Å². The molecule has 2 saturated carbocycles. The molecule has 0 radical (unpaired) electrons. The van der Waals surface area contributed by atoms with E-state index in [1.54, 1.807) is 0 Å². The van der Waals surface area contributed by atoms with Crippen molar-refractivity contribution in [1.82, 2.24) is 0 Å². The molecule has 0 saturated heterocycles. The first kappa shape index (κ1) is 21.1. The largest absolute Gasteiger partial charge is 0.547 e. The normalized spacial score (nSPS) is 36.9. The minimum atomic E-state index is -1.90. The van der Waals surface area contributed by atoms with Gasteiger partial charge in [-0.1, -0.05) is 54.9 Å². The van der Waals surface area contributed by atoms with Crippen molar-refractivity contribution in [2.24, 2.45) is 22.2 Å². The molecule has 0 N–H and O–H groups in total. The second kappa shape index (κ2) is 6.21. The summed E-state index contributed by atoms with van der Waals surface area (Å²) in [6.07, 6.45) is 7.54. The van der Waals surface area contributed by atoms with Crippen LogP contribution in [0.25, 0.3) is 0 Å². The summed E-state index contributed by atoms with van der Waals surface area (Å²) in [5, 5.41) is 0.193. The van der Waals surface area contributed by atoms with Crippen LogP contribution in [-0.2, 0) is 9.22 Å². The Balaban J connectivity index is 2.19. The van der Waals surface area contributed by atoms with Crippen molar-refractivity contribution in [3.05, 3.63) is 11.3 Å². The minimum Gasteiger partial charge on any atom is -0.547 e. The predicted molar refractivity (Wildman–Crippen MR) is 116 cm³/mol. The molecule has 0 spiro atoms. The lowest BCUT2D eigenvalue weighted by Crippen LogP contribution is -2.58. The van der Waals surface area contributed by atoms with E-state index in [4.69, 9.17) is 4.43 Å². The van der Waals surface area contributed by atoms with E-state index in [1.165, 1.54) is 30.6 Å². The van der Waals surface area contributed by atoms with Crippen LogP contribution in [0.2, 0.25) is 18.1 Å². The molecule has 0 heterocycles. The maximum Gasteiger partial charge on any atom is 0.250 e. The summed E-state index contributed by atoms with van der Waals surface area (Å²) in [6.45, 7) is 21.2. The monoisotopic (exact) mass is 390 g/mol. The van der Waals surface area contributed by atoms with E-state index in [2.05, 4.69) is 61.6 Å². The third-order valence-electron chi connectivity index (χ3n) is 9.10. The third kappa shape index (κ3) is 2.98. The molecule has 3 heteroatoms. The first-order valence-corrected chi connectivity index (χ1v) is 14.0. The van der Waals surface area contributed by atoms with E-state index < -0.39 is 8.32 Å². The van der Waals surface area contributed by atoms with Gasteiger partial charge < -0.3 is 4.43 Å². The second-order valence-electron chi connectivity index (χ2n) is 12.1. The van der Waals surface area contributed by atoms with Gasteiger partial charge in [0.2, 0.25) is 8.32 Å². The highest BCUT2D eigenvalue weighted by atomic mass is 28.4. The van der Waals surface area contributed by atoms with Gasteiger partial charge in [-0.2, -0.15) is 0 Å². The molecule has 0 unspecified atom stereocenters. The SMILES string of the molecule is CC1(C)CCC[C@]2(C)C1=C(O[Si](C)(C)C(C)(C)C)C[C@H]1CCCC(=O)[C@]12C. The van der Waals surface area contributed by atoms with E-state index in [-0.39, 0.29) is 21.3 Å². The molecule has 3 atom stereocenters. The fourth-order valence-electron chi connectivity index (χ4n) is 6.31. The summed E-state index contributed by atoms with van der Waals surface area (Å²) in [5.74, 6) is 2.25. The number of carbonyl (C=O) groups is 1. The first-order valence-electron chi connectivity index (χ1n) is 11.1. The molecule has 27 heavy (non-hydrogen) atoms. The zero-order valence-corrected chi connectivity index (χ0v) is 20.3. The fourth-order valence-corrected chi connectivity index (χ4v) is 7.42. The van der Waals surface area contributed by atoms with E-state index in [0.717, 1.165) is 25.7 Å². The lowest BCUT2D eigenvalue weighted by molar-refractivity contribution is -0.148. The minimum absolute atomic E-state index is 0.0487. The Kier molecular flexibility index (Phi) is 4.86. The Bertz CT molecular complexity index is 666. The molecule has 3 rings (SSSR count). The van der Waals surface area contributed by atoms with Gasteiger partial charge in [0, 0.05) is 23.7 Å². The molecule has 0 aromatic rings. The van der Waals surface area contributed by atoms with Crippen molar-refractivity contribution >= 4 is 14.1 Å². The van der Waals surface area contributed by atoms with Crippen LogP contribution in [0.4, 0.5) is 0 Å². The van der Waals surface area contributed by atoms with Gasteiger partial charge in [0.05, 0.1) is 5.76 Å². The van der Waals surface area contributed by atoms with E-state index in [0.29, 0.717) is 11.7 Å². The molecule has 0 amide bonds. The number of carbonyl (C=O) groups excluding carboxylic acids is 1. The quantitative estimate of drug-likeness (QED) is 0.464. The van der Waals surface area contributed by atoms with Gasteiger partial charge in [0.15, 0.2) is 0 Å². The number of ketones is 1. The van der Waals surface area contributed by atoms with Crippen molar-refractivity contribution in [2.75, 3.05) is 0 Å². The number of rotatable bonds is 2. The topological polar surface area (TPSA) is 26.3 Å². The van der Waals surface area contributed by atoms with Gasteiger partial charge in [0.1, 0.15) is 5.78 Å². The molecular weight excluding hydrogens is 348 g/mol. The van der Waals surface area contributed by atoms with Crippen LogP contribution < -0.4 is 0 Å². The maximum atomic E-state index is 13.3. The van der Waals surface area contributed by atoms with Crippen LogP contribution in [0.1, 0.15) is 93.4 Å². The summed E-state index contributed by atoms with van der Waals surface area (Å²) < 4.78 is 7.05. The standard InChI is InChI=1S/C24H42O2Si/c1-21(2,3)27(8,9)26-18-16-17-12-10-13-19(25)24(17,7)23(6)15-11-14-22(4,5)20(18)23/h17H,10-16H2,1-9H3/t17-,23-,24+/m1/s1. The summed E-state index contributed by atoms with van der Waals surface area (Å²) >= 11 is 0. The number of hydrogen-bond acceptors (Lipinski definition) is 2. The highest BCUT2D eigenvalue weighted by Gasteiger charge is 2.63.